The first-order chi connectivity index (χ1) is 11.3. The van der Waals surface area contributed by atoms with Crippen molar-refractivity contribution >= 4 is 27.8 Å². The average molecular weight is 354 g/mol. The molecule has 0 fully saturated rings. The topological polar surface area (TPSA) is 79.5 Å². The van der Waals surface area contributed by atoms with Gasteiger partial charge in [0.2, 0.25) is 0 Å². The van der Waals surface area contributed by atoms with Crippen LogP contribution in [0.15, 0.2) is 9.59 Å². The Morgan fingerprint density at radius 3 is 2.42 bits per heavy atom. The van der Waals surface area contributed by atoms with E-state index in [1.807, 2.05) is 0 Å². The minimum atomic E-state index is -0.673. The summed E-state index contributed by atoms with van der Waals surface area (Å²) < 4.78 is 13.1. The largest absolute Gasteiger partial charge is 0.383 e. The second kappa shape index (κ2) is 7.00. The van der Waals surface area contributed by atoms with Crippen molar-refractivity contribution in [2.75, 3.05) is 20.8 Å². The number of ether oxygens (including phenoxy) is 2. The van der Waals surface area contributed by atoms with Gasteiger partial charge in [-0.25, -0.2) is 4.79 Å². The SMILES string of the molecule is COCCn1c(=O)n(CC(C)(C)OC)c(=O)c2c(C)c(C=O)sc21. The number of hydrogen-bond donors (Lipinski definition) is 0. The molecular weight excluding hydrogens is 332 g/mol. The van der Waals surface area contributed by atoms with Crippen LogP contribution in [0.1, 0.15) is 29.1 Å². The molecule has 0 aliphatic carbocycles. The maximum absolute atomic E-state index is 12.9. The molecule has 0 aliphatic rings. The molecule has 0 aromatic carbocycles. The van der Waals surface area contributed by atoms with E-state index in [1.165, 1.54) is 16.2 Å². The van der Waals surface area contributed by atoms with Crippen molar-refractivity contribution < 1.29 is 14.3 Å². The van der Waals surface area contributed by atoms with Gasteiger partial charge in [-0.1, -0.05) is 0 Å². The van der Waals surface area contributed by atoms with E-state index in [1.54, 1.807) is 27.9 Å². The molecule has 0 saturated carbocycles. The number of hydrogen-bond acceptors (Lipinski definition) is 6. The van der Waals surface area contributed by atoms with Gasteiger partial charge in [-0.15, -0.1) is 11.3 Å². The fourth-order valence-electron chi connectivity index (χ4n) is 2.49. The molecule has 132 valence electrons. The highest BCUT2D eigenvalue weighted by Gasteiger charge is 2.24. The van der Waals surface area contributed by atoms with E-state index < -0.39 is 16.9 Å². The first kappa shape index (κ1) is 18.6. The quantitative estimate of drug-likeness (QED) is 0.703. The fraction of sp³-hybridized carbons (Fsp3) is 0.562. The maximum Gasteiger partial charge on any atom is 0.332 e. The van der Waals surface area contributed by atoms with E-state index in [2.05, 4.69) is 0 Å². The summed E-state index contributed by atoms with van der Waals surface area (Å²) in [5.74, 6) is 0. The van der Waals surface area contributed by atoms with Crippen LogP contribution in [0.5, 0.6) is 0 Å². The highest BCUT2D eigenvalue weighted by Crippen LogP contribution is 2.26. The van der Waals surface area contributed by atoms with Gasteiger partial charge in [0.25, 0.3) is 5.56 Å². The highest BCUT2D eigenvalue weighted by molar-refractivity contribution is 7.20. The number of aldehydes is 1. The van der Waals surface area contributed by atoms with Gasteiger partial charge in [0.1, 0.15) is 4.83 Å². The number of aryl methyl sites for hydroxylation is 1. The third-order valence-corrected chi connectivity index (χ3v) is 5.29. The lowest BCUT2D eigenvalue weighted by Gasteiger charge is -2.24. The van der Waals surface area contributed by atoms with Crippen LogP contribution in [0.3, 0.4) is 0 Å². The van der Waals surface area contributed by atoms with Gasteiger partial charge in [0.15, 0.2) is 6.29 Å². The summed E-state index contributed by atoms with van der Waals surface area (Å²) in [6.07, 6.45) is 0.716. The molecule has 0 amide bonds. The van der Waals surface area contributed by atoms with Gasteiger partial charge in [0.05, 0.1) is 35.6 Å². The van der Waals surface area contributed by atoms with Crippen LogP contribution in [0.4, 0.5) is 0 Å². The molecule has 2 aromatic rings. The third kappa shape index (κ3) is 3.22. The molecule has 0 atom stereocenters. The smallest absolute Gasteiger partial charge is 0.332 e. The van der Waals surface area contributed by atoms with Crippen molar-refractivity contribution in [1.82, 2.24) is 9.13 Å². The van der Waals surface area contributed by atoms with E-state index in [4.69, 9.17) is 9.47 Å². The number of rotatable bonds is 7. The number of fused-ring (bicyclic) bond motifs is 1. The summed E-state index contributed by atoms with van der Waals surface area (Å²) in [6, 6.07) is 0. The lowest BCUT2D eigenvalue weighted by molar-refractivity contribution is 0.00618. The zero-order valence-electron chi connectivity index (χ0n) is 14.5. The Hall–Kier alpha value is -1.77. The second-order valence-corrected chi connectivity index (χ2v) is 7.20. The second-order valence-electron chi connectivity index (χ2n) is 6.17. The molecule has 2 heterocycles. The minimum Gasteiger partial charge on any atom is -0.383 e. The van der Waals surface area contributed by atoms with Crippen molar-refractivity contribution in [1.29, 1.82) is 0 Å². The van der Waals surface area contributed by atoms with Crippen LogP contribution in [0, 0.1) is 6.92 Å². The van der Waals surface area contributed by atoms with Crippen molar-refractivity contribution in [3.8, 4) is 0 Å². The van der Waals surface area contributed by atoms with Crippen LogP contribution >= 0.6 is 11.3 Å². The van der Waals surface area contributed by atoms with Crippen molar-refractivity contribution in [2.45, 2.75) is 39.5 Å². The van der Waals surface area contributed by atoms with Gasteiger partial charge in [-0.05, 0) is 26.3 Å². The number of carbonyl (C=O) groups is 1. The molecule has 0 bridgehead atoms. The third-order valence-electron chi connectivity index (χ3n) is 4.05. The van der Waals surface area contributed by atoms with Crippen molar-refractivity contribution in [2.24, 2.45) is 0 Å². The van der Waals surface area contributed by atoms with Crippen LogP contribution in [0.25, 0.3) is 10.2 Å². The number of aromatic nitrogens is 2. The summed E-state index contributed by atoms with van der Waals surface area (Å²) >= 11 is 1.16. The normalized spacial score (nSPS) is 12.0. The molecule has 0 N–H and O–H groups in total. The Balaban J connectivity index is 2.84. The highest BCUT2D eigenvalue weighted by atomic mass is 32.1. The maximum atomic E-state index is 12.9. The molecule has 2 rings (SSSR count). The first-order valence-corrected chi connectivity index (χ1v) is 8.35. The molecule has 0 unspecified atom stereocenters. The number of carbonyl (C=O) groups excluding carboxylic acids is 1. The van der Waals surface area contributed by atoms with E-state index in [-0.39, 0.29) is 6.54 Å². The fourth-order valence-corrected chi connectivity index (χ4v) is 3.62. The molecule has 0 aliphatic heterocycles. The summed E-state index contributed by atoms with van der Waals surface area (Å²) in [5.41, 5.74) is -0.887. The van der Waals surface area contributed by atoms with Gasteiger partial charge in [-0.2, -0.15) is 0 Å². The molecule has 0 saturated heterocycles. The zero-order valence-corrected chi connectivity index (χ0v) is 15.4. The van der Waals surface area contributed by atoms with Crippen molar-refractivity contribution in [3.05, 3.63) is 31.3 Å². The van der Waals surface area contributed by atoms with Crippen LogP contribution in [-0.2, 0) is 22.6 Å². The molecular formula is C16H22N2O5S. The van der Waals surface area contributed by atoms with Gasteiger partial charge >= 0.3 is 5.69 Å². The zero-order chi connectivity index (χ0) is 18.1. The van der Waals surface area contributed by atoms with Crippen LogP contribution in [0.2, 0.25) is 0 Å². The van der Waals surface area contributed by atoms with Crippen LogP contribution in [-0.4, -0.2) is 41.8 Å². The standard InChI is InChI=1S/C16H22N2O5S/c1-10-11(8-19)24-14-12(10)13(20)18(9-16(2,3)23-5)15(21)17(14)6-7-22-4/h8H,6-7,9H2,1-5H3. The molecule has 0 radical (unpaired) electrons. The Kier molecular flexibility index (Phi) is 5.42. The lowest BCUT2D eigenvalue weighted by Crippen LogP contribution is -2.45. The van der Waals surface area contributed by atoms with E-state index in [0.29, 0.717) is 40.1 Å². The summed E-state index contributed by atoms with van der Waals surface area (Å²) in [7, 11) is 3.08. The van der Waals surface area contributed by atoms with E-state index in [9.17, 15) is 14.4 Å². The Bertz CT molecular complexity index is 875. The molecule has 0 spiro atoms. The average Bonchev–Trinajstić information content (AvgIpc) is 2.88. The van der Waals surface area contributed by atoms with E-state index >= 15 is 0 Å². The monoisotopic (exact) mass is 354 g/mol. The predicted molar refractivity (Wildman–Crippen MR) is 93.4 cm³/mol. The summed E-state index contributed by atoms with van der Waals surface area (Å²) in [5, 5.41) is 0.407. The Morgan fingerprint density at radius 1 is 1.21 bits per heavy atom. The van der Waals surface area contributed by atoms with Gasteiger partial charge < -0.3 is 9.47 Å². The van der Waals surface area contributed by atoms with Gasteiger partial charge in [0, 0.05) is 14.2 Å². The lowest BCUT2D eigenvalue weighted by atomic mass is 10.1. The Morgan fingerprint density at radius 2 is 1.88 bits per heavy atom. The minimum absolute atomic E-state index is 0.121. The molecule has 8 heteroatoms. The first-order valence-electron chi connectivity index (χ1n) is 7.53. The Labute approximate surface area is 143 Å². The molecule has 24 heavy (non-hydrogen) atoms. The number of nitrogens with zero attached hydrogens (tertiary/aromatic N) is 2. The summed E-state index contributed by atoms with van der Waals surface area (Å²) in [4.78, 5) is 37.9. The van der Waals surface area contributed by atoms with Gasteiger partial charge in [-0.3, -0.25) is 18.7 Å². The predicted octanol–water partition coefficient (Wildman–Crippen LogP) is 1.42. The number of methoxy groups -OCH3 is 2. The summed E-state index contributed by atoms with van der Waals surface area (Å²) in [6.45, 7) is 6.09. The molecule has 2 aromatic heterocycles. The van der Waals surface area contributed by atoms with E-state index in [0.717, 1.165) is 11.3 Å². The number of thiophene rings is 1. The molecule has 7 nitrogen and oxygen atoms in total. The van der Waals surface area contributed by atoms with Crippen molar-refractivity contribution in [3.63, 3.8) is 0 Å². The van der Waals surface area contributed by atoms with Crippen LogP contribution < -0.4 is 11.2 Å².